The van der Waals surface area contributed by atoms with Crippen molar-refractivity contribution in [3.63, 3.8) is 0 Å². The predicted octanol–water partition coefficient (Wildman–Crippen LogP) is 2.02. The number of carbonyl (C=O) groups is 2. The first kappa shape index (κ1) is 15.3. The van der Waals surface area contributed by atoms with Gasteiger partial charge in [0.15, 0.2) is 0 Å². The third-order valence-corrected chi connectivity index (χ3v) is 4.95. The van der Waals surface area contributed by atoms with Crippen LogP contribution < -0.4 is 5.32 Å². The van der Waals surface area contributed by atoms with Crippen LogP contribution in [-0.2, 0) is 19.1 Å². The summed E-state index contributed by atoms with van der Waals surface area (Å²) in [5.41, 5.74) is 0.0110. The van der Waals surface area contributed by atoms with E-state index in [2.05, 4.69) is 5.32 Å². The van der Waals surface area contributed by atoms with Crippen LogP contribution in [0.3, 0.4) is 0 Å². The second-order valence-electron chi connectivity index (χ2n) is 6.23. The van der Waals surface area contributed by atoms with Crippen LogP contribution in [-0.4, -0.2) is 36.7 Å². The van der Waals surface area contributed by atoms with Crippen molar-refractivity contribution in [3.05, 3.63) is 23.3 Å². The lowest BCUT2D eigenvalue weighted by molar-refractivity contribution is -0.138. The number of ether oxygens (including phenoxy) is 2. The third kappa shape index (κ3) is 2.37. The molecule has 0 spiro atoms. The van der Waals surface area contributed by atoms with E-state index in [1.54, 1.807) is 0 Å². The quantitative estimate of drug-likeness (QED) is 0.637. The summed E-state index contributed by atoms with van der Waals surface area (Å²) >= 11 is 0. The molecule has 2 unspecified atom stereocenters. The van der Waals surface area contributed by atoms with Crippen LogP contribution in [0, 0.1) is 0 Å². The Morgan fingerprint density at radius 2 is 2.09 bits per heavy atom. The highest BCUT2D eigenvalue weighted by Crippen LogP contribution is 2.45. The molecule has 1 fully saturated rings. The highest BCUT2D eigenvalue weighted by atomic mass is 16.5. The summed E-state index contributed by atoms with van der Waals surface area (Å²) in [5, 5.41) is 3.08. The SMILES string of the molecule is CCC12C=CC(O1)C(C(=O)NC1CCCCC1)=C2C(=O)OC. The fraction of sp³-hybridized carbons (Fsp3) is 0.647. The summed E-state index contributed by atoms with van der Waals surface area (Å²) in [4.78, 5) is 24.9. The molecule has 0 aromatic heterocycles. The van der Waals surface area contributed by atoms with Gasteiger partial charge in [0.05, 0.1) is 18.3 Å². The van der Waals surface area contributed by atoms with E-state index in [4.69, 9.17) is 9.47 Å². The van der Waals surface area contributed by atoms with E-state index in [1.165, 1.54) is 13.5 Å². The van der Waals surface area contributed by atoms with Crippen molar-refractivity contribution in [1.29, 1.82) is 0 Å². The minimum atomic E-state index is -0.795. The Morgan fingerprint density at radius 1 is 1.36 bits per heavy atom. The third-order valence-electron chi connectivity index (χ3n) is 4.95. The number of hydrogen-bond donors (Lipinski definition) is 1. The summed E-state index contributed by atoms with van der Waals surface area (Å²) in [6, 6.07) is 0.202. The number of nitrogens with one attached hydrogen (secondary N) is 1. The van der Waals surface area contributed by atoms with Gasteiger partial charge in [-0.1, -0.05) is 32.3 Å². The number of amides is 1. The van der Waals surface area contributed by atoms with Gasteiger partial charge in [-0.3, -0.25) is 4.79 Å². The molecule has 5 nitrogen and oxygen atoms in total. The summed E-state index contributed by atoms with van der Waals surface area (Å²) in [6.45, 7) is 1.94. The second-order valence-corrected chi connectivity index (χ2v) is 6.23. The van der Waals surface area contributed by atoms with Gasteiger partial charge in [0.1, 0.15) is 11.7 Å². The maximum Gasteiger partial charge on any atom is 0.337 e. The van der Waals surface area contributed by atoms with Crippen LogP contribution in [0.4, 0.5) is 0 Å². The Labute approximate surface area is 130 Å². The summed E-state index contributed by atoms with van der Waals surface area (Å²) in [7, 11) is 1.34. The maximum absolute atomic E-state index is 12.7. The lowest BCUT2D eigenvalue weighted by Crippen LogP contribution is -2.39. The van der Waals surface area contributed by atoms with Crippen molar-refractivity contribution in [3.8, 4) is 0 Å². The fourth-order valence-corrected chi connectivity index (χ4v) is 3.73. The van der Waals surface area contributed by atoms with E-state index in [0.29, 0.717) is 17.6 Å². The average Bonchev–Trinajstić information content (AvgIpc) is 3.11. The van der Waals surface area contributed by atoms with E-state index in [0.717, 1.165) is 25.7 Å². The van der Waals surface area contributed by atoms with Gasteiger partial charge in [0, 0.05) is 6.04 Å². The minimum Gasteiger partial charge on any atom is -0.466 e. The van der Waals surface area contributed by atoms with Gasteiger partial charge in [-0.2, -0.15) is 0 Å². The molecular weight excluding hydrogens is 282 g/mol. The van der Waals surface area contributed by atoms with E-state index in [9.17, 15) is 9.59 Å². The molecule has 120 valence electrons. The van der Waals surface area contributed by atoms with Crippen molar-refractivity contribution in [2.45, 2.75) is 63.2 Å². The van der Waals surface area contributed by atoms with Crippen LogP contribution in [0.1, 0.15) is 45.4 Å². The number of methoxy groups -OCH3 is 1. The van der Waals surface area contributed by atoms with Crippen LogP contribution in [0.5, 0.6) is 0 Å². The average molecular weight is 305 g/mol. The van der Waals surface area contributed by atoms with Gasteiger partial charge in [-0.15, -0.1) is 0 Å². The highest BCUT2D eigenvalue weighted by molar-refractivity contribution is 6.07. The summed E-state index contributed by atoms with van der Waals surface area (Å²) in [6.07, 6.45) is 9.45. The lowest BCUT2D eigenvalue weighted by atomic mass is 9.84. The van der Waals surface area contributed by atoms with Crippen LogP contribution in [0.25, 0.3) is 0 Å². The molecule has 3 aliphatic rings. The zero-order chi connectivity index (χ0) is 15.7. The van der Waals surface area contributed by atoms with E-state index in [1.807, 2.05) is 19.1 Å². The van der Waals surface area contributed by atoms with Gasteiger partial charge in [0.2, 0.25) is 0 Å². The van der Waals surface area contributed by atoms with E-state index >= 15 is 0 Å². The number of carbonyl (C=O) groups excluding carboxylic acids is 2. The molecule has 0 saturated heterocycles. The van der Waals surface area contributed by atoms with Crippen LogP contribution in [0.2, 0.25) is 0 Å². The molecule has 3 rings (SSSR count). The lowest BCUT2D eigenvalue weighted by Gasteiger charge is -2.25. The monoisotopic (exact) mass is 305 g/mol. The normalized spacial score (nSPS) is 30.7. The second kappa shape index (κ2) is 5.88. The van der Waals surface area contributed by atoms with E-state index < -0.39 is 17.7 Å². The van der Waals surface area contributed by atoms with Gasteiger partial charge >= 0.3 is 5.97 Å². The highest BCUT2D eigenvalue weighted by Gasteiger charge is 2.53. The molecule has 2 atom stereocenters. The largest absolute Gasteiger partial charge is 0.466 e. The van der Waals surface area contributed by atoms with Crippen molar-refractivity contribution < 1.29 is 19.1 Å². The zero-order valence-electron chi connectivity index (χ0n) is 13.2. The number of esters is 1. The number of hydrogen-bond acceptors (Lipinski definition) is 4. The number of rotatable bonds is 4. The summed E-state index contributed by atoms with van der Waals surface area (Å²) < 4.78 is 10.8. The van der Waals surface area contributed by atoms with Crippen molar-refractivity contribution in [1.82, 2.24) is 5.32 Å². The predicted molar refractivity (Wildman–Crippen MR) is 81.1 cm³/mol. The first-order chi connectivity index (χ1) is 10.6. The molecular formula is C17H23NO4. The smallest absolute Gasteiger partial charge is 0.337 e. The Bertz CT molecular complexity index is 545. The zero-order valence-corrected chi connectivity index (χ0v) is 13.2. The fourth-order valence-electron chi connectivity index (χ4n) is 3.73. The van der Waals surface area contributed by atoms with Crippen molar-refractivity contribution in [2.24, 2.45) is 0 Å². The van der Waals surface area contributed by atoms with Gasteiger partial charge in [0.25, 0.3) is 5.91 Å². The van der Waals surface area contributed by atoms with E-state index in [-0.39, 0.29) is 11.9 Å². The Hall–Kier alpha value is -1.62. The van der Waals surface area contributed by atoms with Gasteiger partial charge in [-0.25, -0.2) is 4.79 Å². The standard InChI is InChI=1S/C17H23NO4/c1-3-17-10-9-12(22-17)13(14(17)16(20)21-2)15(19)18-11-7-5-4-6-8-11/h9-12H,3-8H2,1-2H3,(H,18,19). The first-order valence-corrected chi connectivity index (χ1v) is 8.12. The number of fused-ring (bicyclic) bond motifs is 2. The van der Waals surface area contributed by atoms with Crippen LogP contribution >= 0.6 is 0 Å². The summed E-state index contributed by atoms with van der Waals surface area (Å²) in [5.74, 6) is -0.653. The molecule has 1 N–H and O–H groups in total. The molecule has 0 aromatic rings. The molecule has 5 heteroatoms. The van der Waals surface area contributed by atoms with Gasteiger partial charge < -0.3 is 14.8 Å². The molecule has 0 aromatic carbocycles. The molecule has 1 saturated carbocycles. The molecule has 22 heavy (non-hydrogen) atoms. The van der Waals surface area contributed by atoms with Crippen molar-refractivity contribution in [2.75, 3.05) is 7.11 Å². The topological polar surface area (TPSA) is 64.6 Å². The maximum atomic E-state index is 12.7. The Morgan fingerprint density at radius 3 is 2.73 bits per heavy atom. The molecule has 0 radical (unpaired) electrons. The minimum absolute atomic E-state index is 0.183. The first-order valence-electron chi connectivity index (χ1n) is 8.12. The molecule has 2 aliphatic heterocycles. The van der Waals surface area contributed by atoms with Crippen molar-refractivity contribution >= 4 is 11.9 Å². The molecule has 1 amide bonds. The Kier molecular flexibility index (Phi) is 4.08. The van der Waals surface area contributed by atoms with Crippen LogP contribution in [0.15, 0.2) is 23.3 Å². The molecule has 2 bridgehead atoms. The molecule has 2 heterocycles. The van der Waals surface area contributed by atoms with Gasteiger partial charge in [-0.05, 0) is 25.3 Å². The molecule has 1 aliphatic carbocycles. The Balaban J connectivity index is 1.87.